The standard InChI is InChI=1S/C26H29NO2/c1-20(28)25(21-10-6-4-7-11-21)26(22-12-8-5-9-13-22)23-14-16-24(17-15-23)29-19-18-27(2)3/h4-17,20,28H,18-19H2,1-3H3/b26-25-/t20-/m1/s1. The molecule has 0 unspecified atom stereocenters. The molecule has 0 bridgehead atoms. The van der Waals surface area contributed by atoms with Crippen LogP contribution in [0, 0.1) is 0 Å². The van der Waals surface area contributed by atoms with Crippen molar-refractivity contribution in [1.82, 2.24) is 4.90 Å². The molecule has 0 aliphatic carbocycles. The zero-order valence-corrected chi connectivity index (χ0v) is 17.4. The Balaban J connectivity index is 2.05. The Morgan fingerprint density at radius 3 is 1.83 bits per heavy atom. The molecule has 150 valence electrons. The summed E-state index contributed by atoms with van der Waals surface area (Å²) >= 11 is 0. The molecule has 0 aliphatic heterocycles. The Kier molecular flexibility index (Phi) is 7.23. The van der Waals surface area contributed by atoms with Crippen LogP contribution in [-0.2, 0) is 0 Å². The van der Waals surface area contributed by atoms with Crippen molar-refractivity contribution in [2.45, 2.75) is 13.0 Å². The van der Waals surface area contributed by atoms with Crippen molar-refractivity contribution in [3.8, 4) is 5.75 Å². The van der Waals surface area contributed by atoms with Gasteiger partial charge in [0.05, 0.1) is 6.10 Å². The second-order valence-corrected chi connectivity index (χ2v) is 7.37. The third kappa shape index (κ3) is 5.57. The Morgan fingerprint density at radius 2 is 1.31 bits per heavy atom. The predicted octanol–water partition coefficient (Wildman–Crippen LogP) is 4.97. The number of aliphatic hydroxyl groups is 1. The summed E-state index contributed by atoms with van der Waals surface area (Å²) in [6.07, 6.45) is -0.608. The number of benzene rings is 3. The second kappa shape index (κ2) is 10.1. The molecule has 3 nitrogen and oxygen atoms in total. The average molecular weight is 388 g/mol. The van der Waals surface area contributed by atoms with Crippen LogP contribution in [0.15, 0.2) is 84.9 Å². The van der Waals surface area contributed by atoms with Gasteiger partial charge in [0.1, 0.15) is 12.4 Å². The fourth-order valence-corrected chi connectivity index (χ4v) is 3.36. The number of hydrogen-bond donors (Lipinski definition) is 1. The first-order chi connectivity index (χ1) is 14.1. The third-order valence-electron chi connectivity index (χ3n) is 4.78. The van der Waals surface area contributed by atoms with Crippen molar-refractivity contribution in [2.75, 3.05) is 27.2 Å². The lowest BCUT2D eigenvalue weighted by atomic mass is 9.87. The van der Waals surface area contributed by atoms with E-state index in [9.17, 15) is 5.11 Å². The summed E-state index contributed by atoms with van der Waals surface area (Å²) in [7, 11) is 4.06. The third-order valence-corrected chi connectivity index (χ3v) is 4.78. The van der Waals surface area contributed by atoms with E-state index in [1.54, 1.807) is 0 Å². The van der Waals surface area contributed by atoms with E-state index in [0.717, 1.165) is 40.1 Å². The van der Waals surface area contributed by atoms with Gasteiger partial charge in [-0.05, 0) is 61.0 Å². The summed E-state index contributed by atoms with van der Waals surface area (Å²) in [5.74, 6) is 0.848. The van der Waals surface area contributed by atoms with E-state index in [1.165, 1.54) is 0 Å². The van der Waals surface area contributed by atoms with Crippen molar-refractivity contribution >= 4 is 11.1 Å². The highest BCUT2D eigenvalue weighted by molar-refractivity contribution is 5.99. The van der Waals surface area contributed by atoms with Crippen LogP contribution in [0.3, 0.4) is 0 Å². The fraction of sp³-hybridized carbons (Fsp3) is 0.231. The van der Waals surface area contributed by atoms with Gasteiger partial charge in [0.25, 0.3) is 0 Å². The van der Waals surface area contributed by atoms with E-state index < -0.39 is 6.10 Å². The van der Waals surface area contributed by atoms with Gasteiger partial charge in [0.2, 0.25) is 0 Å². The molecule has 0 heterocycles. The number of rotatable bonds is 8. The van der Waals surface area contributed by atoms with Gasteiger partial charge in [0, 0.05) is 6.54 Å². The maximum absolute atomic E-state index is 10.7. The van der Waals surface area contributed by atoms with Crippen LogP contribution < -0.4 is 4.74 Å². The summed E-state index contributed by atoms with van der Waals surface area (Å²) in [4.78, 5) is 2.10. The normalized spacial score (nSPS) is 13.1. The molecule has 0 fully saturated rings. The lowest BCUT2D eigenvalue weighted by Gasteiger charge is -2.20. The highest BCUT2D eigenvalue weighted by Gasteiger charge is 2.17. The number of likely N-dealkylation sites (N-methyl/N-ethyl adjacent to an activating group) is 1. The molecule has 29 heavy (non-hydrogen) atoms. The van der Waals surface area contributed by atoms with Crippen molar-refractivity contribution in [3.63, 3.8) is 0 Å². The number of hydrogen-bond acceptors (Lipinski definition) is 3. The van der Waals surface area contributed by atoms with Gasteiger partial charge in [-0.15, -0.1) is 0 Å². The summed E-state index contributed by atoms with van der Waals surface area (Å²) in [5.41, 5.74) is 5.10. The molecule has 0 saturated heterocycles. The van der Waals surface area contributed by atoms with E-state index in [2.05, 4.69) is 29.2 Å². The molecule has 3 aromatic rings. The van der Waals surface area contributed by atoms with Crippen LogP contribution in [0.1, 0.15) is 23.6 Å². The van der Waals surface area contributed by atoms with E-state index in [4.69, 9.17) is 4.74 Å². The monoisotopic (exact) mass is 387 g/mol. The molecule has 0 radical (unpaired) electrons. The number of ether oxygens (including phenoxy) is 1. The molecule has 3 heteroatoms. The van der Waals surface area contributed by atoms with E-state index >= 15 is 0 Å². The summed E-state index contributed by atoms with van der Waals surface area (Å²) < 4.78 is 5.84. The lowest BCUT2D eigenvalue weighted by Crippen LogP contribution is -2.19. The van der Waals surface area contributed by atoms with Gasteiger partial charge >= 0.3 is 0 Å². The average Bonchev–Trinajstić information content (AvgIpc) is 2.73. The smallest absolute Gasteiger partial charge is 0.119 e. The van der Waals surface area contributed by atoms with Crippen LogP contribution >= 0.6 is 0 Å². The van der Waals surface area contributed by atoms with E-state index in [1.807, 2.05) is 81.7 Å². The van der Waals surface area contributed by atoms with Crippen LogP contribution in [-0.4, -0.2) is 43.4 Å². The molecule has 0 aromatic heterocycles. The van der Waals surface area contributed by atoms with Crippen molar-refractivity contribution in [1.29, 1.82) is 0 Å². The highest BCUT2D eigenvalue weighted by atomic mass is 16.5. The number of nitrogens with zero attached hydrogens (tertiary/aromatic N) is 1. The van der Waals surface area contributed by atoms with E-state index in [-0.39, 0.29) is 0 Å². The highest BCUT2D eigenvalue weighted by Crippen LogP contribution is 2.35. The van der Waals surface area contributed by atoms with Crippen LogP contribution in [0.2, 0.25) is 0 Å². The van der Waals surface area contributed by atoms with Crippen LogP contribution in [0.25, 0.3) is 11.1 Å². The Bertz CT molecular complexity index is 914. The molecule has 1 N–H and O–H groups in total. The number of aliphatic hydroxyl groups excluding tert-OH is 1. The van der Waals surface area contributed by atoms with Crippen molar-refractivity contribution < 1.29 is 9.84 Å². The molecular weight excluding hydrogens is 358 g/mol. The minimum Gasteiger partial charge on any atom is -0.492 e. The summed E-state index contributed by atoms with van der Waals surface area (Å²) in [6, 6.07) is 28.5. The van der Waals surface area contributed by atoms with Gasteiger partial charge in [-0.2, -0.15) is 0 Å². The maximum Gasteiger partial charge on any atom is 0.119 e. The summed E-state index contributed by atoms with van der Waals surface area (Å²) in [6.45, 7) is 3.35. The first-order valence-corrected chi connectivity index (χ1v) is 9.97. The largest absolute Gasteiger partial charge is 0.492 e. The van der Waals surface area contributed by atoms with Crippen LogP contribution in [0.4, 0.5) is 0 Å². The molecular formula is C26H29NO2. The maximum atomic E-state index is 10.7. The molecule has 1 atom stereocenters. The second-order valence-electron chi connectivity index (χ2n) is 7.37. The van der Waals surface area contributed by atoms with Gasteiger partial charge < -0.3 is 14.7 Å². The predicted molar refractivity (Wildman–Crippen MR) is 121 cm³/mol. The first kappa shape index (κ1) is 20.8. The lowest BCUT2D eigenvalue weighted by molar-refractivity contribution is 0.253. The minimum absolute atomic E-state index is 0.608. The molecule has 3 rings (SSSR count). The SMILES string of the molecule is C[C@@H](O)/C(=C(\c1ccccc1)c1ccc(OCCN(C)C)cc1)c1ccccc1. The molecule has 3 aromatic carbocycles. The minimum atomic E-state index is -0.608. The van der Waals surface area contributed by atoms with Gasteiger partial charge in [-0.25, -0.2) is 0 Å². The summed E-state index contributed by atoms with van der Waals surface area (Å²) in [5, 5.41) is 10.7. The van der Waals surface area contributed by atoms with Gasteiger partial charge in [-0.1, -0.05) is 72.8 Å². The first-order valence-electron chi connectivity index (χ1n) is 9.97. The fourth-order valence-electron chi connectivity index (χ4n) is 3.36. The molecule has 0 saturated carbocycles. The Labute approximate surface area is 173 Å². The quantitative estimate of drug-likeness (QED) is 0.554. The Hall–Kier alpha value is -2.88. The van der Waals surface area contributed by atoms with Gasteiger partial charge in [0.15, 0.2) is 0 Å². The van der Waals surface area contributed by atoms with E-state index in [0.29, 0.717) is 6.61 Å². The van der Waals surface area contributed by atoms with Crippen molar-refractivity contribution in [3.05, 3.63) is 102 Å². The molecule has 0 aliphatic rings. The zero-order valence-electron chi connectivity index (χ0n) is 17.4. The zero-order chi connectivity index (χ0) is 20.6. The van der Waals surface area contributed by atoms with Crippen molar-refractivity contribution in [2.24, 2.45) is 0 Å². The van der Waals surface area contributed by atoms with Crippen LogP contribution in [0.5, 0.6) is 5.75 Å². The molecule has 0 spiro atoms. The van der Waals surface area contributed by atoms with Gasteiger partial charge in [-0.3, -0.25) is 0 Å². The Morgan fingerprint density at radius 1 is 0.793 bits per heavy atom. The molecule has 0 amide bonds. The topological polar surface area (TPSA) is 32.7 Å².